The number of fused-ring (bicyclic) bond motifs is 2. The molecule has 0 spiro atoms. The zero-order valence-electron chi connectivity index (χ0n) is 23.6. The van der Waals surface area contributed by atoms with Gasteiger partial charge in [-0.3, -0.25) is 14.4 Å². The number of ether oxygens (including phenoxy) is 2. The van der Waals surface area contributed by atoms with Crippen molar-refractivity contribution in [3.8, 4) is 11.5 Å². The molecular formula is C36H30N2O5. The third-order valence-corrected chi connectivity index (χ3v) is 7.96. The molecule has 2 amide bonds. The zero-order chi connectivity index (χ0) is 29.3. The van der Waals surface area contributed by atoms with Crippen LogP contribution in [0.3, 0.4) is 0 Å². The summed E-state index contributed by atoms with van der Waals surface area (Å²) in [6, 6.07) is 38.1. The van der Waals surface area contributed by atoms with Crippen molar-refractivity contribution in [3.63, 3.8) is 0 Å². The number of rotatable bonds is 8. The third-order valence-electron chi connectivity index (χ3n) is 7.96. The van der Waals surface area contributed by atoms with E-state index in [1.807, 2.05) is 128 Å². The van der Waals surface area contributed by atoms with Crippen molar-refractivity contribution >= 4 is 34.0 Å². The van der Waals surface area contributed by atoms with E-state index < -0.39 is 18.1 Å². The van der Waals surface area contributed by atoms with Crippen LogP contribution in [0.4, 0.5) is 11.4 Å². The van der Waals surface area contributed by atoms with Gasteiger partial charge in [0.15, 0.2) is 17.6 Å². The number of hydrogen-bond donors (Lipinski definition) is 0. The van der Waals surface area contributed by atoms with Crippen LogP contribution in [0.1, 0.15) is 24.1 Å². The van der Waals surface area contributed by atoms with Crippen LogP contribution in [-0.2, 0) is 21.0 Å². The first-order valence-corrected chi connectivity index (χ1v) is 14.4. The van der Waals surface area contributed by atoms with Crippen LogP contribution in [0, 0.1) is 5.92 Å². The largest absolute Gasteiger partial charge is 0.490 e. The third kappa shape index (κ3) is 4.87. The molecule has 7 heteroatoms. The molecule has 0 saturated carbocycles. The molecule has 0 aliphatic carbocycles. The van der Waals surface area contributed by atoms with E-state index in [9.17, 15) is 9.59 Å². The summed E-state index contributed by atoms with van der Waals surface area (Å²) < 4.78 is 12.2. The Kier molecular flexibility index (Phi) is 7.01. The van der Waals surface area contributed by atoms with E-state index in [1.165, 1.54) is 4.90 Å². The monoisotopic (exact) mass is 570 g/mol. The van der Waals surface area contributed by atoms with Crippen molar-refractivity contribution in [2.75, 3.05) is 16.6 Å². The number of anilines is 2. The second-order valence-corrected chi connectivity index (χ2v) is 10.6. The minimum atomic E-state index is -0.964. The number of imide groups is 1. The highest BCUT2D eigenvalue weighted by Crippen LogP contribution is 2.49. The summed E-state index contributed by atoms with van der Waals surface area (Å²) >= 11 is 0. The Morgan fingerprint density at radius 3 is 2.16 bits per heavy atom. The minimum Gasteiger partial charge on any atom is -0.490 e. The maximum atomic E-state index is 14.2. The average molecular weight is 571 g/mol. The normalized spacial score (nSPS) is 19.6. The van der Waals surface area contributed by atoms with E-state index in [0.29, 0.717) is 30.4 Å². The summed E-state index contributed by atoms with van der Waals surface area (Å²) in [6.07, 6.45) is -0.964. The van der Waals surface area contributed by atoms with Crippen molar-refractivity contribution in [1.82, 2.24) is 0 Å². The van der Waals surface area contributed by atoms with Crippen LogP contribution >= 0.6 is 0 Å². The lowest BCUT2D eigenvalue weighted by atomic mass is 9.90. The first-order chi connectivity index (χ1) is 21.1. The topological polar surface area (TPSA) is 68.3 Å². The number of amides is 2. The van der Waals surface area contributed by atoms with Gasteiger partial charge in [-0.1, -0.05) is 84.9 Å². The van der Waals surface area contributed by atoms with E-state index in [0.717, 1.165) is 27.6 Å². The number of hydroxylamine groups is 1. The molecule has 0 N–H and O–H groups in total. The van der Waals surface area contributed by atoms with Gasteiger partial charge in [0.25, 0.3) is 5.91 Å². The standard InChI is InChI=1S/C36H30N2O5/c1-2-41-31-22-27(18-20-30(31)42-23-24-11-5-3-6-12-24)33-32-34(43-38(33)28-15-7-4-8-16-28)36(40)37(35(32)39)29-19-17-25-13-9-10-14-26(25)21-29/h3-22,32-34H,2,23H2,1H3/t32-,33+,34-/m0/s1. The molecule has 2 aliphatic heterocycles. The highest BCUT2D eigenvalue weighted by molar-refractivity contribution is 6.24. The van der Waals surface area contributed by atoms with E-state index in [1.54, 1.807) is 5.06 Å². The Morgan fingerprint density at radius 2 is 1.40 bits per heavy atom. The second kappa shape index (κ2) is 11.3. The molecule has 0 radical (unpaired) electrons. The highest BCUT2D eigenvalue weighted by Gasteiger charge is 2.60. The molecule has 3 atom stereocenters. The van der Waals surface area contributed by atoms with Gasteiger partial charge in [-0.25, -0.2) is 9.96 Å². The maximum Gasteiger partial charge on any atom is 0.266 e. The molecule has 2 aliphatic rings. The molecule has 5 aromatic rings. The Morgan fingerprint density at radius 1 is 0.674 bits per heavy atom. The van der Waals surface area contributed by atoms with Gasteiger partial charge in [-0.15, -0.1) is 0 Å². The molecule has 5 aromatic carbocycles. The second-order valence-electron chi connectivity index (χ2n) is 10.6. The van der Waals surface area contributed by atoms with Crippen molar-refractivity contribution in [1.29, 1.82) is 0 Å². The summed E-state index contributed by atoms with van der Waals surface area (Å²) in [5, 5.41) is 3.68. The number of nitrogens with zero attached hydrogens (tertiary/aromatic N) is 2. The molecule has 2 fully saturated rings. The van der Waals surface area contributed by atoms with Crippen LogP contribution < -0.4 is 19.4 Å². The molecule has 2 saturated heterocycles. The lowest BCUT2D eigenvalue weighted by Crippen LogP contribution is -2.37. The first kappa shape index (κ1) is 26.7. The van der Waals surface area contributed by atoms with E-state index in [-0.39, 0.29) is 11.8 Å². The van der Waals surface area contributed by atoms with Gasteiger partial charge >= 0.3 is 0 Å². The fourth-order valence-corrected chi connectivity index (χ4v) is 5.95. The van der Waals surface area contributed by atoms with Crippen LogP contribution in [0.25, 0.3) is 10.8 Å². The van der Waals surface area contributed by atoms with Gasteiger partial charge in [0, 0.05) is 0 Å². The van der Waals surface area contributed by atoms with Gasteiger partial charge in [0.05, 0.1) is 24.0 Å². The highest BCUT2D eigenvalue weighted by atomic mass is 16.7. The van der Waals surface area contributed by atoms with Crippen molar-refractivity contribution in [2.45, 2.75) is 25.7 Å². The molecule has 43 heavy (non-hydrogen) atoms. The maximum absolute atomic E-state index is 14.2. The minimum absolute atomic E-state index is 0.295. The van der Waals surface area contributed by atoms with E-state index in [4.69, 9.17) is 14.3 Å². The lowest BCUT2D eigenvalue weighted by molar-refractivity contribution is -0.126. The predicted molar refractivity (Wildman–Crippen MR) is 165 cm³/mol. The fourth-order valence-electron chi connectivity index (χ4n) is 5.95. The van der Waals surface area contributed by atoms with Crippen molar-refractivity contribution < 1.29 is 23.9 Å². The summed E-state index contributed by atoms with van der Waals surface area (Å²) in [7, 11) is 0. The summed E-state index contributed by atoms with van der Waals surface area (Å²) in [5.41, 5.74) is 3.12. The van der Waals surface area contributed by atoms with Crippen molar-refractivity contribution in [2.24, 2.45) is 5.92 Å². The number of carbonyl (C=O) groups is 2. The summed E-state index contributed by atoms with van der Waals surface area (Å²) in [5.74, 6) is -0.263. The Labute approximate surface area is 249 Å². The van der Waals surface area contributed by atoms with E-state index in [2.05, 4.69) is 0 Å². The van der Waals surface area contributed by atoms with Crippen LogP contribution in [0.2, 0.25) is 0 Å². The lowest BCUT2D eigenvalue weighted by Gasteiger charge is -2.29. The van der Waals surface area contributed by atoms with Gasteiger partial charge in [-0.05, 0) is 65.2 Å². The van der Waals surface area contributed by atoms with Gasteiger partial charge < -0.3 is 9.47 Å². The molecule has 7 nitrogen and oxygen atoms in total. The van der Waals surface area contributed by atoms with Crippen LogP contribution in [0.5, 0.6) is 11.5 Å². The summed E-state index contributed by atoms with van der Waals surface area (Å²) in [4.78, 5) is 35.6. The molecular weight excluding hydrogens is 540 g/mol. The fraction of sp³-hybridized carbons (Fsp3) is 0.167. The molecule has 2 heterocycles. The summed E-state index contributed by atoms with van der Waals surface area (Å²) in [6.45, 7) is 2.74. The smallest absolute Gasteiger partial charge is 0.266 e. The van der Waals surface area contributed by atoms with E-state index >= 15 is 0 Å². The SMILES string of the molecule is CCOc1cc([C@@H]2[C@@H]3C(=O)N(c4ccc5ccccc5c4)C(=O)[C@H]3ON2c2ccccc2)ccc1OCc1ccccc1. The quantitative estimate of drug-likeness (QED) is 0.190. The Bertz CT molecular complexity index is 1790. The van der Waals surface area contributed by atoms with Crippen LogP contribution in [0.15, 0.2) is 121 Å². The van der Waals surface area contributed by atoms with Gasteiger partial charge in [0.2, 0.25) is 5.91 Å². The molecule has 214 valence electrons. The number of benzene rings is 5. The molecule has 7 rings (SSSR count). The Balaban J connectivity index is 1.26. The zero-order valence-corrected chi connectivity index (χ0v) is 23.6. The number of hydrogen-bond acceptors (Lipinski definition) is 6. The van der Waals surface area contributed by atoms with Crippen molar-refractivity contribution in [3.05, 3.63) is 132 Å². The number of para-hydroxylation sites is 1. The van der Waals surface area contributed by atoms with Gasteiger partial charge in [0.1, 0.15) is 12.5 Å². The first-order valence-electron chi connectivity index (χ1n) is 14.4. The average Bonchev–Trinajstić information content (AvgIpc) is 3.56. The number of carbonyl (C=O) groups excluding carboxylic acids is 2. The van der Waals surface area contributed by atoms with Crippen LogP contribution in [-0.4, -0.2) is 24.5 Å². The molecule has 0 unspecified atom stereocenters. The van der Waals surface area contributed by atoms with Gasteiger partial charge in [-0.2, -0.15) is 0 Å². The molecule has 0 bridgehead atoms. The predicted octanol–water partition coefficient (Wildman–Crippen LogP) is 6.87. The Hall–Kier alpha value is -5.14. The molecule has 0 aromatic heterocycles.